The number of benzene rings is 2. The van der Waals surface area contributed by atoms with Crippen molar-refractivity contribution in [1.29, 1.82) is 0 Å². The first kappa shape index (κ1) is 10.3. The van der Waals surface area contributed by atoms with Crippen molar-refractivity contribution in [2.75, 3.05) is 7.11 Å². The summed E-state index contributed by atoms with van der Waals surface area (Å²) < 4.78 is 7.46. The minimum Gasteiger partial charge on any atom is -0.478 e. The van der Waals surface area contributed by atoms with Crippen molar-refractivity contribution < 1.29 is 4.74 Å². The number of para-hydroxylation sites is 4. The minimum absolute atomic E-state index is 0.551. The molecule has 4 rings (SSSR count). The Bertz CT molecular complexity index is 911. The minimum atomic E-state index is 0.551. The Morgan fingerprint density at radius 2 is 1.42 bits per heavy atom. The summed E-state index contributed by atoms with van der Waals surface area (Å²) in [5.74, 6) is 0.551. The number of fused-ring (bicyclic) bond motifs is 5. The molecule has 0 aliphatic carbocycles. The number of hydrogen-bond acceptors (Lipinski definition) is 3. The molecule has 0 N–H and O–H groups in total. The van der Waals surface area contributed by atoms with E-state index in [4.69, 9.17) is 4.74 Å². The van der Waals surface area contributed by atoms with E-state index in [0.717, 1.165) is 27.7 Å². The van der Waals surface area contributed by atoms with Gasteiger partial charge in [0, 0.05) is 0 Å². The molecule has 19 heavy (non-hydrogen) atoms. The topological polar surface area (TPSA) is 39.4 Å². The van der Waals surface area contributed by atoms with Crippen molar-refractivity contribution in [3.8, 4) is 5.88 Å². The maximum atomic E-state index is 5.37. The second-order valence-electron chi connectivity index (χ2n) is 4.37. The highest BCUT2D eigenvalue weighted by molar-refractivity contribution is 5.90. The third kappa shape index (κ3) is 1.34. The molecule has 4 nitrogen and oxygen atoms in total. The molecule has 0 aliphatic heterocycles. The SMILES string of the molecule is COc1nc2ccccc2n2c1nc1ccccc12. The smallest absolute Gasteiger partial charge is 0.258 e. The molecular formula is C15H11N3O. The lowest BCUT2D eigenvalue weighted by atomic mass is 10.3. The molecule has 0 unspecified atom stereocenters. The third-order valence-corrected chi connectivity index (χ3v) is 3.29. The standard InChI is InChI=1S/C15H11N3O/c1-19-15-14-16-10-6-2-4-8-12(10)18(14)13-9-5-3-7-11(13)17-15/h2-9H,1H3. The first-order chi connectivity index (χ1) is 9.38. The van der Waals surface area contributed by atoms with Gasteiger partial charge in [0.2, 0.25) is 5.65 Å². The van der Waals surface area contributed by atoms with Crippen molar-refractivity contribution in [2.24, 2.45) is 0 Å². The summed E-state index contributed by atoms with van der Waals surface area (Å²) in [4.78, 5) is 9.12. The van der Waals surface area contributed by atoms with Gasteiger partial charge in [-0.3, -0.25) is 4.40 Å². The number of imidazole rings is 1. The molecule has 0 fully saturated rings. The molecule has 0 aliphatic rings. The van der Waals surface area contributed by atoms with Gasteiger partial charge in [-0.05, 0) is 24.3 Å². The molecular weight excluding hydrogens is 238 g/mol. The van der Waals surface area contributed by atoms with Gasteiger partial charge in [-0.1, -0.05) is 24.3 Å². The van der Waals surface area contributed by atoms with Gasteiger partial charge in [0.05, 0.1) is 29.2 Å². The summed E-state index contributed by atoms with van der Waals surface area (Å²) in [5.41, 5.74) is 4.69. The predicted octanol–water partition coefficient (Wildman–Crippen LogP) is 3.04. The quantitative estimate of drug-likeness (QED) is 0.520. The van der Waals surface area contributed by atoms with E-state index in [9.17, 15) is 0 Å². The number of rotatable bonds is 1. The van der Waals surface area contributed by atoms with Crippen molar-refractivity contribution in [2.45, 2.75) is 0 Å². The van der Waals surface area contributed by atoms with Gasteiger partial charge in [-0.2, -0.15) is 0 Å². The van der Waals surface area contributed by atoms with Crippen molar-refractivity contribution >= 4 is 27.7 Å². The molecule has 2 aromatic carbocycles. The lowest BCUT2D eigenvalue weighted by molar-refractivity contribution is 0.402. The van der Waals surface area contributed by atoms with Crippen LogP contribution >= 0.6 is 0 Å². The fourth-order valence-electron chi connectivity index (χ4n) is 2.46. The summed E-state index contributed by atoms with van der Waals surface area (Å²) in [6, 6.07) is 16.0. The summed E-state index contributed by atoms with van der Waals surface area (Å²) in [5, 5.41) is 0. The van der Waals surface area contributed by atoms with Crippen LogP contribution in [0.2, 0.25) is 0 Å². The van der Waals surface area contributed by atoms with Gasteiger partial charge in [-0.15, -0.1) is 0 Å². The molecule has 0 amide bonds. The van der Waals surface area contributed by atoms with Gasteiger partial charge in [0.25, 0.3) is 5.88 Å². The number of ether oxygens (including phenoxy) is 1. The third-order valence-electron chi connectivity index (χ3n) is 3.29. The first-order valence-corrected chi connectivity index (χ1v) is 6.08. The van der Waals surface area contributed by atoms with Gasteiger partial charge in [0.15, 0.2) is 0 Å². The Balaban J connectivity index is 2.36. The molecule has 0 saturated carbocycles. The van der Waals surface area contributed by atoms with Gasteiger partial charge >= 0.3 is 0 Å². The van der Waals surface area contributed by atoms with Crippen LogP contribution in [-0.2, 0) is 0 Å². The molecule has 0 bridgehead atoms. The summed E-state index contributed by atoms with van der Waals surface area (Å²) in [6.07, 6.45) is 0. The molecule has 0 saturated heterocycles. The zero-order chi connectivity index (χ0) is 12.8. The highest BCUT2D eigenvalue weighted by Gasteiger charge is 2.13. The second-order valence-corrected chi connectivity index (χ2v) is 4.37. The summed E-state index contributed by atoms with van der Waals surface area (Å²) >= 11 is 0. The highest BCUT2D eigenvalue weighted by Crippen LogP contribution is 2.27. The van der Waals surface area contributed by atoms with Crippen molar-refractivity contribution in [3.05, 3.63) is 48.5 Å². The van der Waals surface area contributed by atoms with Crippen LogP contribution in [0.3, 0.4) is 0 Å². The lowest BCUT2D eigenvalue weighted by Crippen LogP contribution is -1.96. The Kier molecular flexibility index (Phi) is 2.00. The predicted molar refractivity (Wildman–Crippen MR) is 74.6 cm³/mol. The molecule has 4 heteroatoms. The van der Waals surface area contributed by atoms with E-state index in [1.54, 1.807) is 7.11 Å². The molecule has 0 radical (unpaired) electrons. The Hall–Kier alpha value is -2.62. The fraction of sp³-hybridized carbons (Fsp3) is 0.0667. The van der Waals surface area contributed by atoms with E-state index in [1.165, 1.54) is 0 Å². The zero-order valence-corrected chi connectivity index (χ0v) is 10.4. The van der Waals surface area contributed by atoms with Crippen LogP contribution in [-0.4, -0.2) is 21.5 Å². The first-order valence-electron chi connectivity index (χ1n) is 6.08. The van der Waals surface area contributed by atoms with Crippen LogP contribution in [0.15, 0.2) is 48.5 Å². The average molecular weight is 249 g/mol. The van der Waals surface area contributed by atoms with E-state index < -0.39 is 0 Å². The number of methoxy groups -OCH3 is 1. The molecule has 0 spiro atoms. The average Bonchev–Trinajstić information content (AvgIpc) is 2.86. The Labute approximate surface area is 109 Å². The van der Waals surface area contributed by atoms with E-state index in [-0.39, 0.29) is 0 Å². The van der Waals surface area contributed by atoms with Crippen LogP contribution in [0.5, 0.6) is 5.88 Å². The Morgan fingerprint density at radius 3 is 2.05 bits per heavy atom. The molecule has 2 aromatic heterocycles. The van der Waals surface area contributed by atoms with Crippen LogP contribution < -0.4 is 4.74 Å². The van der Waals surface area contributed by atoms with E-state index in [2.05, 4.69) is 20.4 Å². The van der Waals surface area contributed by atoms with Gasteiger partial charge in [-0.25, -0.2) is 9.97 Å². The number of hydrogen-bond donors (Lipinski definition) is 0. The van der Waals surface area contributed by atoms with E-state index >= 15 is 0 Å². The van der Waals surface area contributed by atoms with Gasteiger partial charge in [0.1, 0.15) is 0 Å². The van der Waals surface area contributed by atoms with Gasteiger partial charge < -0.3 is 4.74 Å². The molecule has 2 heterocycles. The lowest BCUT2D eigenvalue weighted by Gasteiger charge is -2.06. The molecule has 0 atom stereocenters. The zero-order valence-electron chi connectivity index (χ0n) is 10.4. The maximum Gasteiger partial charge on any atom is 0.258 e. The fourth-order valence-corrected chi connectivity index (χ4v) is 2.46. The maximum absolute atomic E-state index is 5.37. The van der Waals surface area contributed by atoms with Crippen LogP contribution in [0.1, 0.15) is 0 Å². The van der Waals surface area contributed by atoms with Crippen LogP contribution in [0.4, 0.5) is 0 Å². The van der Waals surface area contributed by atoms with Crippen molar-refractivity contribution in [3.63, 3.8) is 0 Å². The second kappa shape index (κ2) is 3.68. The highest BCUT2D eigenvalue weighted by atomic mass is 16.5. The monoisotopic (exact) mass is 249 g/mol. The number of nitrogens with zero attached hydrogens (tertiary/aromatic N) is 3. The normalized spacial score (nSPS) is 11.4. The molecule has 92 valence electrons. The largest absolute Gasteiger partial charge is 0.478 e. The summed E-state index contributed by atoms with van der Waals surface area (Å²) in [7, 11) is 1.62. The summed E-state index contributed by atoms with van der Waals surface area (Å²) in [6.45, 7) is 0. The van der Waals surface area contributed by atoms with Crippen LogP contribution in [0, 0.1) is 0 Å². The van der Waals surface area contributed by atoms with E-state index in [1.807, 2.05) is 42.5 Å². The van der Waals surface area contributed by atoms with E-state index in [0.29, 0.717) is 5.88 Å². The molecule has 4 aromatic rings. The Morgan fingerprint density at radius 1 is 0.842 bits per heavy atom. The van der Waals surface area contributed by atoms with Crippen molar-refractivity contribution in [1.82, 2.24) is 14.4 Å². The number of aromatic nitrogens is 3. The van der Waals surface area contributed by atoms with Crippen LogP contribution in [0.25, 0.3) is 27.7 Å².